The Morgan fingerprint density at radius 2 is 1.81 bits per heavy atom. The van der Waals surface area contributed by atoms with Crippen LogP contribution in [0.5, 0.6) is 5.75 Å². The van der Waals surface area contributed by atoms with Crippen molar-refractivity contribution < 1.29 is 4.74 Å². The maximum absolute atomic E-state index is 6.48. The number of hydrogen-bond donors (Lipinski definition) is 0. The number of hydrogen-bond acceptors (Lipinski definition) is 4. The van der Waals surface area contributed by atoms with E-state index < -0.39 is 6.23 Å². The Labute approximate surface area is 175 Å². The minimum Gasteiger partial charge on any atom is -0.464 e. The van der Waals surface area contributed by atoms with E-state index in [0.717, 1.165) is 33.9 Å². The highest BCUT2D eigenvalue weighted by Gasteiger charge is 2.41. The van der Waals surface area contributed by atoms with E-state index in [4.69, 9.17) is 44.6 Å². The lowest BCUT2D eigenvalue weighted by molar-refractivity contribution is -0.0189. The molecule has 136 valence electrons. The predicted molar refractivity (Wildman–Crippen MR) is 111 cm³/mol. The molecule has 0 unspecified atom stereocenters. The molecule has 0 saturated heterocycles. The van der Waals surface area contributed by atoms with Gasteiger partial charge in [0, 0.05) is 27.6 Å². The van der Waals surface area contributed by atoms with Gasteiger partial charge >= 0.3 is 0 Å². The third kappa shape index (κ3) is 3.01. The van der Waals surface area contributed by atoms with Crippen molar-refractivity contribution in [3.8, 4) is 5.75 Å². The standard InChI is InChI=1S/C20H13Cl3N2OS/c21-11-4-6-18-14(8-11)17-10-16(19-2-1-7-27-19)24-25(17)20(26-18)13-5-3-12(22)9-15(13)23/h1-9,17,20H,10H2/t17-,20+/m0/s1. The first-order valence-electron chi connectivity index (χ1n) is 8.41. The first-order valence-corrected chi connectivity index (χ1v) is 10.4. The zero-order chi connectivity index (χ0) is 18.5. The Kier molecular flexibility index (Phi) is 4.32. The lowest BCUT2D eigenvalue weighted by Gasteiger charge is -2.38. The minimum absolute atomic E-state index is 0.0429. The number of fused-ring (bicyclic) bond motifs is 3. The molecule has 3 aromatic rings. The van der Waals surface area contributed by atoms with Crippen LogP contribution in [0.1, 0.15) is 34.7 Å². The molecule has 27 heavy (non-hydrogen) atoms. The van der Waals surface area contributed by atoms with Crippen LogP contribution in [0.2, 0.25) is 15.1 Å². The van der Waals surface area contributed by atoms with Crippen molar-refractivity contribution in [1.82, 2.24) is 5.01 Å². The van der Waals surface area contributed by atoms with Gasteiger partial charge in [0.25, 0.3) is 0 Å². The summed E-state index contributed by atoms with van der Waals surface area (Å²) < 4.78 is 6.31. The highest BCUT2D eigenvalue weighted by molar-refractivity contribution is 7.12. The second kappa shape index (κ2) is 6.71. The van der Waals surface area contributed by atoms with Gasteiger partial charge in [0.1, 0.15) is 5.75 Å². The molecule has 3 heterocycles. The summed E-state index contributed by atoms with van der Waals surface area (Å²) in [5.74, 6) is 0.805. The Hall–Kier alpha value is -1.72. The molecule has 3 nitrogen and oxygen atoms in total. The number of rotatable bonds is 2. The fourth-order valence-electron chi connectivity index (χ4n) is 3.56. The Bertz CT molecular complexity index is 1050. The van der Waals surface area contributed by atoms with Crippen molar-refractivity contribution in [1.29, 1.82) is 0 Å². The minimum atomic E-state index is -0.425. The van der Waals surface area contributed by atoms with Crippen molar-refractivity contribution in [2.75, 3.05) is 0 Å². The molecule has 0 saturated carbocycles. The molecule has 2 atom stereocenters. The number of halogens is 3. The summed E-state index contributed by atoms with van der Waals surface area (Å²) in [4.78, 5) is 1.16. The zero-order valence-corrected chi connectivity index (χ0v) is 17.0. The van der Waals surface area contributed by atoms with Crippen molar-refractivity contribution in [3.05, 3.63) is 85.0 Å². The maximum Gasteiger partial charge on any atom is 0.215 e. The molecule has 0 radical (unpaired) electrons. The van der Waals surface area contributed by atoms with E-state index in [9.17, 15) is 0 Å². The van der Waals surface area contributed by atoms with Crippen LogP contribution in [0.15, 0.2) is 59.0 Å². The van der Waals surface area contributed by atoms with Gasteiger partial charge in [-0.05, 0) is 41.8 Å². The summed E-state index contributed by atoms with van der Waals surface area (Å²) in [6.07, 6.45) is 0.366. The second-order valence-electron chi connectivity index (χ2n) is 6.44. The molecule has 0 aliphatic carbocycles. The van der Waals surface area contributed by atoms with Gasteiger partial charge in [-0.1, -0.05) is 46.9 Å². The van der Waals surface area contributed by atoms with Crippen LogP contribution in [0.3, 0.4) is 0 Å². The smallest absolute Gasteiger partial charge is 0.215 e. The molecule has 0 fully saturated rings. The summed E-state index contributed by atoms with van der Waals surface area (Å²) in [6, 6.07) is 15.3. The normalized spacial score (nSPS) is 20.7. The van der Waals surface area contributed by atoms with Gasteiger partial charge < -0.3 is 4.74 Å². The van der Waals surface area contributed by atoms with Gasteiger partial charge in [0.2, 0.25) is 6.23 Å². The Balaban J connectivity index is 1.64. The largest absolute Gasteiger partial charge is 0.464 e. The summed E-state index contributed by atoms with van der Waals surface area (Å²) in [7, 11) is 0. The zero-order valence-electron chi connectivity index (χ0n) is 13.9. The highest BCUT2D eigenvalue weighted by Crippen LogP contribution is 2.49. The maximum atomic E-state index is 6.48. The molecule has 0 amide bonds. The second-order valence-corrected chi connectivity index (χ2v) is 8.67. The first-order chi connectivity index (χ1) is 13.1. The van der Waals surface area contributed by atoms with Crippen molar-refractivity contribution in [3.63, 3.8) is 0 Å². The van der Waals surface area contributed by atoms with Gasteiger partial charge in [0.05, 0.1) is 21.7 Å². The number of nitrogens with zero attached hydrogens (tertiary/aromatic N) is 2. The molecule has 1 aromatic heterocycles. The van der Waals surface area contributed by atoms with Crippen LogP contribution in [0, 0.1) is 0 Å². The Morgan fingerprint density at radius 3 is 2.59 bits per heavy atom. The van der Waals surface area contributed by atoms with Crippen LogP contribution in [0.4, 0.5) is 0 Å². The molecule has 2 aliphatic rings. The topological polar surface area (TPSA) is 24.8 Å². The van der Waals surface area contributed by atoms with Crippen LogP contribution < -0.4 is 4.74 Å². The molecule has 7 heteroatoms. The van der Waals surface area contributed by atoms with Gasteiger partial charge in [0.15, 0.2) is 0 Å². The van der Waals surface area contributed by atoms with Gasteiger partial charge in [-0.3, -0.25) is 0 Å². The molecular weight excluding hydrogens is 423 g/mol. The van der Waals surface area contributed by atoms with Gasteiger partial charge in [-0.25, -0.2) is 5.01 Å². The van der Waals surface area contributed by atoms with Crippen LogP contribution in [0.25, 0.3) is 0 Å². The molecule has 0 N–H and O–H groups in total. The third-order valence-corrected chi connectivity index (χ3v) is 6.50. The van der Waals surface area contributed by atoms with E-state index in [2.05, 4.69) is 11.4 Å². The van der Waals surface area contributed by atoms with Gasteiger partial charge in [-0.15, -0.1) is 11.3 Å². The summed E-state index contributed by atoms with van der Waals surface area (Å²) in [6.45, 7) is 0. The van der Waals surface area contributed by atoms with Gasteiger partial charge in [-0.2, -0.15) is 5.10 Å². The molecule has 2 aliphatic heterocycles. The molecule has 0 spiro atoms. The lowest BCUT2D eigenvalue weighted by atomic mass is 9.97. The summed E-state index contributed by atoms with van der Waals surface area (Å²) in [5, 5.41) is 10.8. The van der Waals surface area contributed by atoms with E-state index in [1.54, 1.807) is 17.4 Å². The lowest BCUT2D eigenvalue weighted by Crippen LogP contribution is -2.33. The first kappa shape index (κ1) is 17.4. The molecule has 0 bridgehead atoms. The van der Waals surface area contributed by atoms with Crippen molar-refractivity contribution in [2.24, 2.45) is 5.10 Å². The quantitative estimate of drug-likeness (QED) is 0.435. The van der Waals surface area contributed by atoms with Crippen LogP contribution in [-0.4, -0.2) is 10.7 Å². The average Bonchev–Trinajstić information content (AvgIpc) is 3.31. The van der Waals surface area contributed by atoms with E-state index in [1.165, 1.54) is 0 Å². The summed E-state index contributed by atoms with van der Waals surface area (Å²) >= 11 is 20.5. The number of hydrazone groups is 1. The van der Waals surface area contributed by atoms with E-state index in [0.29, 0.717) is 15.1 Å². The molecular formula is C20H13Cl3N2OS. The van der Waals surface area contributed by atoms with Crippen molar-refractivity contribution in [2.45, 2.75) is 18.7 Å². The number of ether oxygens (including phenoxy) is 1. The number of thiophene rings is 1. The molecule has 5 rings (SSSR count). The van der Waals surface area contributed by atoms with E-state index in [-0.39, 0.29) is 6.04 Å². The van der Waals surface area contributed by atoms with Crippen molar-refractivity contribution >= 4 is 51.9 Å². The highest BCUT2D eigenvalue weighted by atomic mass is 35.5. The number of benzene rings is 2. The summed E-state index contributed by atoms with van der Waals surface area (Å²) in [5.41, 5.74) is 2.92. The fourth-order valence-corrected chi connectivity index (χ4v) is 4.96. The predicted octanol–water partition coefficient (Wildman–Crippen LogP) is 6.95. The van der Waals surface area contributed by atoms with Crippen LogP contribution in [-0.2, 0) is 0 Å². The van der Waals surface area contributed by atoms with Crippen LogP contribution >= 0.6 is 46.1 Å². The molecule has 2 aromatic carbocycles. The third-order valence-electron chi connectivity index (χ3n) is 4.79. The van der Waals surface area contributed by atoms with E-state index in [1.807, 2.05) is 41.4 Å². The van der Waals surface area contributed by atoms with E-state index >= 15 is 0 Å². The Morgan fingerprint density at radius 1 is 1.00 bits per heavy atom. The fraction of sp³-hybridized carbons (Fsp3) is 0.150. The average molecular weight is 436 g/mol. The SMILES string of the molecule is Clc1ccc([C@H]2Oc3ccc(Cl)cc3[C@@H]3CC(c4cccs4)=NN23)c(Cl)c1. The monoisotopic (exact) mass is 434 g/mol.